The SMILES string of the molecule is CC[C@H](C)[C@H](NC(=O)CCOc1ccc(OC)cc1)C(=O)O. The van der Waals surface area contributed by atoms with E-state index in [0.717, 1.165) is 5.75 Å². The Morgan fingerprint density at radius 2 is 1.82 bits per heavy atom. The van der Waals surface area contributed by atoms with Crippen LogP contribution in [0.3, 0.4) is 0 Å². The molecular weight excluding hydrogens is 286 g/mol. The van der Waals surface area contributed by atoms with Crippen molar-refractivity contribution in [2.45, 2.75) is 32.7 Å². The number of carboxylic acids is 1. The van der Waals surface area contributed by atoms with E-state index in [2.05, 4.69) is 5.32 Å². The number of benzene rings is 1. The third-order valence-corrected chi connectivity index (χ3v) is 3.45. The molecule has 1 aromatic rings. The molecule has 0 aliphatic carbocycles. The summed E-state index contributed by atoms with van der Waals surface area (Å²) in [5.74, 6) is -0.114. The number of ether oxygens (including phenoxy) is 2. The fourth-order valence-electron chi connectivity index (χ4n) is 1.86. The Kier molecular flexibility index (Phi) is 7.22. The highest BCUT2D eigenvalue weighted by atomic mass is 16.5. The van der Waals surface area contributed by atoms with Crippen molar-refractivity contribution < 1.29 is 24.2 Å². The molecular formula is C16H23NO5. The molecule has 0 aromatic heterocycles. The maximum Gasteiger partial charge on any atom is 0.326 e. The van der Waals surface area contributed by atoms with Gasteiger partial charge in [-0.15, -0.1) is 0 Å². The average Bonchev–Trinajstić information content (AvgIpc) is 2.52. The van der Waals surface area contributed by atoms with Gasteiger partial charge in [0.15, 0.2) is 0 Å². The van der Waals surface area contributed by atoms with E-state index in [4.69, 9.17) is 14.6 Å². The molecule has 0 radical (unpaired) electrons. The van der Waals surface area contributed by atoms with Crippen LogP contribution in [-0.4, -0.2) is 36.7 Å². The molecule has 2 N–H and O–H groups in total. The second-order valence-electron chi connectivity index (χ2n) is 5.04. The van der Waals surface area contributed by atoms with Gasteiger partial charge in [-0.05, 0) is 30.2 Å². The zero-order chi connectivity index (χ0) is 16.5. The molecule has 2 atom stereocenters. The Labute approximate surface area is 130 Å². The normalized spacial score (nSPS) is 13.0. The molecule has 0 fully saturated rings. The largest absolute Gasteiger partial charge is 0.497 e. The van der Waals surface area contributed by atoms with Crippen molar-refractivity contribution in [1.29, 1.82) is 0 Å². The number of rotatable bonds is 9. The van der Waals surface area contributed by atoms with Gasteiger partial charge >= 0.3 is 5.97 Å². The Balaban J connectivity index is 2.39. The predicted octanol–water partition coefficient (Wildman–Crippen LogP) is 2.08. The first-order valence-electron chi connectivity index (χ1n) is 7.27. The van der Waals surface area contributed by atoms with Crippen LogP contribution in [0.5, 0.6) is 11.5 Å². The van der Waals surface area contributed by atoms with Crippen molar-refractivity contribution in [3.8, 4) is 11.5 Å². The number of nitrogens with one attached hydrogen (secondary N) is 1. The van der Waals surface area contributed by atoms with Crippen molar-refractivity contribution in [1.82, 2.24) is 5.32 Å². The van der Waals surface area contributed by atoms with E-state index in [0.29, 0.717) is 12.2 Å². The summed E-state index contributed by atoms with van der Waals surface area (Å²) in [5, 5.41) is 11.7. The fraction of sp³-hybridized carbons (Fsp3) is 0.500. The molecule has 1 amide bonds. The third kappa shape index (κ3) is 5.63. The zero-order valence-corrected chi connectivity index (χ0v) is 13.2. The van der Waals surface area contributed by atoms with Gasteiger partial charge in [-0.2, -0.15) is 0 Å². The van der Waals surface area contributed by atoms with Gasteiger partial charge in [-0.25, -0.2) is 4.79 Å². The van der Waals surface area contributed by atoms with Crippen LogP contribution in [0.1, 0.15) is 26.7 Å². The van der Waals surface area contributed by atoms with Crippen LogP contribution < -0.4 is 14.8 Å². The lowest BCUT2D eigenvalue weighted by molar-refractivity contribution is -0.143. The van der Waals surface area contributed by atoms with Gasteiger partial charge < -0.3 is 19.9 Å². The minimum Gasteiger partial charge on any atom is -0.497 e. The van der Waals surface area contributed by atoms with Crippen LogP contribution in [0.15, 0.2) is 24.3 Å². The van der Waals surface area contributed by atoms with E-state index in [-0.39, 0.29) is 24.9 Å². The van der Waals surface area contributed by atoms with Gasteiger partial charge in [-0.1, -0.05) is 20.3 Å². The monoisotopic (exact) mass is 309 g/mol. The van der Waals surface area contributed by atoms with E-state index >= 15 is 0 Å². The Morgan fingerprint density at radius 1 is 1.23 bits per heavy atom. The molecule has 6 nitrogen and oxygen atoms in total. The summed E-state index contributed by atoms with van der Waals surface area (Å²) in [6.07, 6.45) is 0.784. The molecule has 0 heterocycles. The summed E-state index contributed by atoms with van der Waals surface area (Å²) in [6.45, 7) is 3.87. The molecule has 0 aliphatic rings. The van der Waals surface area contributed by atoms with Crippen molar-refractivity contribution in [2.75, 3.05) is 13.7 Å². The highest BCUT2D eigenvalue weighted by Gasteiger charge is 2.24. The Hall–Kier alpha value is -2.24. The summed E-state index contributed by atoms with van der Waals surface area (Å²) >= 11 is 0. The van der Waals surface area contributed by atoms with E-state index in [9.17, 15) is 9.59 Å². The van der Waals surface area contributed by atoms with Crippen LogP contribution in [0, 0.1) is 5.92 Å². The van der Waals surface area contributed by atoms with Gasteiger partial charge in [0.1, 0.15) is 17.5 Å². The number of carbonyl (C=O) groups is 2. The number of carbonyl (C=O) groups excluding carboxylic acids is 1. The zero-order valence-electron chi connectivity index (χ0n) is 13.2. The highest BCUT2D eigenvalue weighted by Crippen LogP contribution is 2.17. The third-order valence-electron chi connectivity index (χ3n) is 3.45. The van der Waals surface area contributed by atoms with Crippen molar-refractivity contribution in [2.24, 2.45) is 5.92 Å². The Bertz CT molecular complexity index is 486. The van der Waals surface area contributed by atoms with E-state index < -0.39 is 12.0 Å². The maximum absolute atomic E-state index is 11.8. The lowest BCUT2D eigenvalue weighted by Gasteiger charge is -2.20. The van der Waals surface area contributed by atoms with Gasteiger partial charge in [0.25, 0.3) is 0 Å². The molecule has 0 unspecified atom stereocenters. The molecule has 1 aromatic carbocycles. The van der Waals surface area contributed by atoms with Crippen molar-refractivity contribution >= 4 is 11.9 Å². The van der Waals surface area contributed by atoms with Crippen molar-refractivity contribution in [3.63, 3.8) is 0 Å². The van der Waals surface area contributed by atoms with Crippen LogP contribution in [-0.2, 0) is 9.59 Å². The second-order valence-corrected chi connectivity index (χ2v) is 5.04. The lowest BCUT2D eigenvalue weighted by atomic mass is 9.99. The molecule has 1 rings (SSSR count). The van der Waals surface area contributed by atoms with Crippen LogP contribution in [0.25, 0.3) is 0 Å². The van der Waals surface area contributed by atoms with Crippen LogP contribution in [0.4, 0.5) is 0 Å². The van der Waals surface area contributed by atoms with E-state index in [1.54, 1.807) is 38.3 Å². The van der Waals surface area contributed by atoms with Crippen LogP contribution >= 0.6 is 0 Å². The van der Waals surface area contributed by atoms with E-state index in [1.807, 2.05) is 6.92 Å². The number of amides is 1. The number of carboxylic acid groups (broad SMARTS) is 1. The topological polar surface area (TPSA) is 84.9 Å². The first-order chi connectivity index (χ1) is 10.5. The molecule has 6 heteroatoms. The van der Waals surface area contributed by atoms with Gasteiger partial charge in [0, 0.05) is 0 Å². The molecule has 0 aliphatic heterocycles. The second kappa shape index (κ2) is 8.92. The number of aliphatic carboxylic acids is 1. The molecule has 0 spiro atoms. The van der Waals surface area contributed by atoms with E-state index in [1.165, 1.54) is 0 Å². The number of hydrogen-bond acceptors (Lipinski definition) is 4. The molecule has 0 bridgehead atoms. The predicted molar refractivity (Wildman–Crippen MR) is 82.1 cm³/mol. The molecule has 0 saturated carbocycles. The van der Waals surface area contributed by atoms with Gasteiger partial charge in [0.2, 0.25) is 5.91 Å². The molecule has 122 valence electrons. The molecule has 0 saturated heterocycles. The van der Waals surface area contributed by atoms with Gasteiger partial charge in [0.05, 0.1) is 20.1 Å². The number of hydrogen-bond donors (Lipinski definition) is 2. The fourth-order valence-corrected chi connectivity index (χ4v) is 1.86. The van der Waals surface area contributed by atoms with Crippen molar-refractivity contribution in [3.05, 3.63) is 24.3 Å². The minimum atomic E-state index is -1.02. The first kappa shape index (κ1) is 17.8. The maximum atomic E-state index is 11.8. The standard InChI is InChI=1S/C16H23NO5/c1-4-11(2)15(16(19)20)17-14(18)9-10-22-13-7-5-12(21-3)6-8-13/h5-8,11,15H,4,9-10H2,1-3H3,(H,17,18)(H,19,20)/t11-,15-/m0/s1. The van der Waals surface area contributed by atoms with Gasteiger partial charge in [-0.3, -0.25) is 4.79 Å². The smallest absolute Gasteiger partial charge is 0.326 e. The lowest BCUT2D eigenvalue weighted by Crippen LogP contribution is -2.45. The van der Waals surface area contributed by atoms with Crippen LogP contribution in [0.2, 0.25) is 0 Å². The Morgan fingerprint density at radius 3 is 2.32 bits per heavy atom. The first-order valence-corrected chi connectivity index (χ1v) is 7.27. The quantitative estimate of drug-likeness (QED) is 0.729. The summed E-state index contributed by atoms with van der Waals surface area (Å²) < 4.78 is 10.5. The summed E-state index contributed by atoms with van der Waals surface area (Å²) in [4.78, 5) is 22.9. The number of methoxy groups -OCH3 is 1. The summed E-state index contributed by atoms with van der Waals surface area (Å²) in [7, 11) is 1.58. The average molecular weight is 309 g/mol. The summed E-state index contributed by atoms with van der Waals surface area (Å²) in [6, 6.07) is 6.15. The molecule has 22 heavy (non-hydrogen) atoms. The summed E-state index contributed by atoms with van der Waals surface area (Å²) in [5.41, 5.74) is 0. The minimum absolute atomic E-state index is 0.103. The highest BCUT2D eigenvalue weighted by molar-refractivity contribution is 5.83.